The molecule has 0 spiro atoms. The van der Waals surface area contributed by atoms with E-state index in [-0.39, 0.29) is 24.4 Å². The second-order valence-electron chi connectivity index (χ2n) is 7.97. The molecule has 1 aromatic carbocycles. The van der Waals surface area contributed by atoms with Gasteiger partial charge in [0.15, 0.2) is 0 Å². The van der Waals surface area contributed by atoms with Crippen LogP contribution in [0, 0.1) is 5.92 Å². The molecule has 9 heteroatoms. The van der Waals surface area contributed by atoms with Gasteiger partial charge in [-0.05, 0) is 50.4 Å². The molecule has 160 valence electrons. The number of rotatable bonds is 5. The number of carbonyl (C=O) groups excluding carboxylic acids is 1. The van der Waals surface area contributed by atoms with E-state index in [4.69, 9.17) is 0 Å². The molecule has 1 saturated carbocycles. The number of piperidine rings is 1. The Morgan fingerprint density at radius 2 is 1.90 bits per heavy atom. The second kappa shape index (κ2) is 8.22. The molecule has 30 heavy (non-hydrogen) atoms. The molecule has 1 N–H and O–H groups in total. The number of carbonyl (C=O) groups is 1. The second-order valence-corrected chi connectivity index (χ2v) is 7.97. The highest BCUT2D eigenvalue weighted by atomic mass is 19.4. The Morgan fingerprint density at radius 1 is 1.17 bits per heavy atom. The first kappa shape index (κ1) is 20.6. The van der Waals surface area contributed by atoms with E-state index in [9.17, 15) is 22.8 Å². The number of benzene rings is 1. The van der Waals surface area contributed by atoms with Crippen molar-refractivity contribution in [2.24, 2.45) is 5.92 Å². The Bertz CT molecular complexity index is 970. The van der Waals surface area contributed by atoms with Crippen molar-refractivity contribution in [3.05, 3.63) is 58.0 Å². The summed E-state index contributed by atoms with van der Waals surface area (Å²) in [5.41, 5.74) is -1.29. The summed E-state index contributed by atoms with van der Waals surface area (Å²) in [7, 11) is 0. The van der Waals surface area contributed by atoms with E-state index in [1.54, 1.807) is 12.1 Å². The molecular weight excluding hydrogens is 397 g/mol. The lowest BCUT2D eigenvalue weighted by Gasteiger charge is -2.32. The van der Waals surface area contributed by atoms with Gasteiger partial charge in [0.25, 0.3) is 5.56 Å². The van der Waals surface area contributed by atoms with E-state index in [1.807, 2.05) is 23.1 Å². The van der Waals surface area contributed by atoms with Crippen molar-refractivity contribution >= 4 is 11.6 Å². The average Bonchev–Trinajstić information content (AvgIpc) is 3.55. The third kappa shape index (κ3) is 4.72. The van der Waals surface area contributed by atoms with Crippen LogP contribution in [0.15, 0.2) is 41.2 Å². The van der Waals surface area contributed by atoms with E-state index in [1.165, 1.54) is 0 Å². The summed E-state index contributed by atoms with van der Waals surface area (Å²) in [6.07, 6.45) is -1.74. The summed E-state index contributed by atoms with van der Waals surface area (Å²) in [5, 5.41) is 7.07. The van der Waals surface area contributed by atoms with E-state index < -0.39 is 17.3 Å². The van der Waals surface area contributed by atoms with Crippen molar-refractivity contribution < 1.29 is 18.0 Å². The van der Waals surface area contributed by atoms with Gasteiger partial charge in [-0.15, -0.1) is 0 Å². The van der Waals surface area contributed by atoms with Crippen molar-refractivity contribution in [1.29, 1.82) is 0 Å². The number of anilines is 1. The highest BCUT2D eigenvalue weighted by Gasteiger charge is 2.38. The van der Waals surface area contributed by atoms with Crippen LogP contribution in [0.4, 0.5) is 18.9 Å². The molecule has 1 unspecified atom stereocenters. The monoisotopic (exact) mass is 420 g/mol. The molecule has 2 aromatic rings. The van der Waals surface area contributed by atoms with Crippen LogP contribution in [0.25, 0.3) is 0 Å². The third-order valence-corrected chi connectivity index (χ3v) is 5.55. The van der Waals surface area contributed by atoms with Crippen LogP contribution in [-0.4, -0.2) is 33.7 Å². The first-order chi connectivity index (χ1) is 14.3. The molecule has 1 aliphatic heterocycles. The van der Waals surface area contributed by atoms with E-state index in [0.29, 0.717) is 30.9 Å². The van der Waals surface area contributed by atoms with Crippen LogP contribution in [-0.2, 0) is 17.6 Å². The van der Waals surface area contributed by atoms with Gasteiger partial charge in [0, 0.05) is 18.2 Å². The Hall–Kier alpha value is -2.68. The molecule has 1 atom stereocenters. The number of alkyl halides is 3. The zero-order chi connectivity index (χ0) is 21.3. The normalized spacial score (nSPS) is 20.2. The minimum absolute atomic E-state index is 0.0105. The quantitative estimate of drug-likeness (QED) is 0.805. The average molecular weight is 420 g/mol. The molecule has 1 amide bonds. The smallest absolute Gasteiger partial charge is 0.326 e. The SMILES string of the molecule is O=C(Nc1ccccc1)C1CCCN(Cn2nc(C3CC3)cc(C(F)(F)F)c2=O)C1. The number of para-hydroxylation sites is 1. The predicted molar refractivity (Wildman–Crippen MR) is 105 cm³/mol. The van der Waals surface area contributed by atoms with Crippen LogP contribution >= 0.6 is 0 Å². The van der Waals surface area contributed by atoms with Crippen LogP contribution in [0.2, 0.25) is 0 Å². The molecule has 2 fully saturated rings. The number of amides is 1. The highest BCUT2D eigenvalue weighted by Crippen LogP contribution is 2.40. The number of hydrogen-bond donors (Lipinski definition) is 1. The lowest BCUT2D eigenvalue weighted by molar-refractivity contribution is -0.139. The van der Waals surface area contributed by atoms with Gasteiger partial charge in [-0.1, -0.05) is 18.2 Å². The predicted octanol–water partition coefficient (Wildman–Crippen LogP) is 3.45. The van der Waals surface area contributed by atoms with E-state index in [0.717, 1.165) is 30.0 Å². The number of halogens is 3. The fourth-order valence-corrected chi connectivity index (χ4v) is 3.79. The zero-order valence-electron chi connectivity index (χ0n) is 16.4. The first-order valence-electron chi connectivity index (χ1n) is 10.1. The number of nitrogens with zero attached hydrogens (tertiary/aromatic N) is 3. The van der Waals surface area contributed by atoms with Crippen LogP contribution in [0.3, 0.4) is 0 Å². The van der Waals surface area contributed by atoms with Crippen molar-refractivity contribution in [3.63, 3.8) is 0 Å². The van der Waals surface area contributed by atoms with Crippen molar-refractivity contribution in [2.45, 2.75) is 44.4 Å². The topological polar surface area (TPSA) is 67.2 Å². The summed E-state index contributed by atoms with van der Waals surface area (Å²) in [4.78, 5) is 26.8. The van der Waals surface area contributed by atoms with Crippen molar-refractivity contribution in [2.75, 3.05) is 18.4 Å². The largest absolute Gasteiger partial charge is 0.421 e. The molecule has 6 nitrogen and oxygen atoms in total. The summed E-state index contributed by atoms with van der Waals surface area (Å²) in [6, 6.07) is 9.99. The number of likely N-dealkylation sites (tertiary alicyclic amines) is 1. The van der Waals surface area contributed by atoms with Crippen LogP contribution in [0.5, 0.6) is 0 Å². The fourth-order valence-electron chi connectivity index (χ4n) is 3.79. The summed E-state index contributed by atoms with van der Waals surface area (Å²) in [5.74, 6) is -0.444. The summed E-state index contributed by atoms with van der Waals surface area (Å²) >= 11 is 0. The highest BCUT2D eigenvalue weighted by molar-refractivity contribution is 5.92. The minimum Gasteiger partial charge on any atom is -0.326 e. The molecule has 1 aliphatic carbocycles. The molecule has 1 aromatic heterocycles. The van der Waals surface area contributed by atoms with Gasteiger partial charge >= 0.3 is 6.18 Å². The standard InChI is InChI=1S/C21H23F3N4O2/c22-21(23,24)17-11-18(14-8-9-14)26-28(20(17)30)13-27-10-4-5-15(12-27)19(29)25-16-6-2-1-3-7-16/h1-3,6-7,11,14-15H,4-5,8-10,12-13H2,(H,25,29). The van der Waals surface area contributed by atoms with Gasteiger partial charge in [-0.25, -0.2) is 4.68 Å². The zero-order valence-corrected chi connectivity index (χ0v) is 16.4. The lowest BCUT2D eigenvalue weighted by atomic mass is 9.97. The van der Waals surface area contributed by atoms with Gasteiger partial charge in [0.1, 0.15) is 5.56 Å². The Labute approximate surface area is 171 Å². The van der Waals surface area contributed by atoms with Gasteiger partial charge in [-0.3, -0.25) is 14.5 Å². The Morgan fingerprint density at radius 3 is 2.57 bits per heavy atom. The van der Waals surface area contributed by atoms with Gasteiger partial charge in [-0.2, -0.15) is 18.3 Å². The molecule has 2 aliphatic rings. The maximum atomic E-state index is 13.3. The van der Waals surface area contributed by atoms with Gasteiger partial charge in [0.2, 0.25) is 5.91 Å². The maximum absolute atomic E-state index is 13.3. The van der Waals surface area contributed by atoms with Crippen LogP contribution in [0.1, 0.15) is 42.9 Å². The lowest BCUT2D eigenvalue weighted by Crippen LogP contribution is -2.44. The summed E-state index contributed by atoms with van der Waals surface area (Å²) in [6.45, 7) is 0.900. The first-order valence-corrected chi connectivity index (χ1v) is 10.1. The van der Waals surface area contributed by atoms with E-state index in [2.05, 4.69) is 10.4 Å². The maximum Gasteiger partial charge on any atom is 0.421 e. The molecule has 0 bridgehead atoms. The van der Waals surface area contributed by atoms with E-state index >= 15 is 0 Å². The minimum atomic E-state index is -4.72. The van der Waals surface area contributed by atoms with Crippen LogP contribution < -0.4 is 10.9 Å². The molecular formula is C21H23F3N4O2. The van der Waals surface area contributed by atoms with Gasteiger partial charge in [0.05, 0.1) is 18.3 Å². The Kier molecular flexibility index (Phi) is 5.64. The number of nitrogens with one attached hydrogen (secondary N) is 1. The number of aromatic nitrogens is 2. The molecule has 0 radical (unpaired) electrons. The van der Waals surface area contributed by atoms with Crippen molar-refractivity contribution in [1.82, 2.24) is 14.7 Å². The molecule has 2 heterocycles. The fraction of sp³-hybridized carbons (Fsp3) is 0.476. The molecule has 4 rings (SSSR count). The summed E-state index contributed by atoms with van der Waals surface area (Å²) < 4.78 is 40.9. The Balaban J connectivity index is 1.49. The van der Waals surface area contributed by atoms with Crippen molar-refractivity contribution in [3.8, 4) is 0 Å². The third-order valence-electron chi connectivity index (χ3n) is 5.55. The van der Waals surface area contributed by atoms with Gasteiger partial charge < -0.3 is 5.32 Å². The number of hydrogen-bond acceptors (Lipinski definition) is 4. The molecule has 1 saturated heterocycles.